The Hall–Kier alpha value is -1.72. The minimum atomic E-state index is 0.116. The van der Waals surface area contributed by atoms with Crippen LogP contribution in [0.2, 0.25) is 0 Å². The molecule has 2 fully saturated rings. The number of carbonyl (C=O) groups is 1. The Morgan fingerprint density at radius 1 is 1.35 bits per heavy atom. The van der Waals surface area contributed by atoms with Crippen LogP contribution in [0, 0.1) is 5.92 Å². The fourth-order valence-corrected chi connectivity index (χ4v) is 5.38. The molecule has 3 heterocycles. The van der Waals surface area contributed by atoms with Gasteiger partial charge in [0.05, 0.1) is 16.6 Å². The lowest BCUT2D eigenvalue weighted by Crippen LogP contribution is -2.38. The van der Waals surface area contributed by atoms with Gasteiger partial charge in [-0.1, -0.05) is 37.3 Å². The maximum absolute atomic E-state index is 12.9. The third kappa shape index (κ3) is 3.55. The Kier molecular flexibility index (Phi) is 5.36. The molecule has 2 aliphatic rings. The molecule has 1 aromatic heterocycles. The van der Waals surface area contributed by atoms with Crippen LogP contribution in [0.25, 0.3) is 0 Å². The second kappa shape index (κ2) is 7.89. The highest BCUT2D eigenvalue weighted by Gasteiger charge is 2.46. The second-order valence-corrected chi connectivity index (χ2v) is 8.29. The SMILES string of the molecule is CCc1csc(CCNC(=O)[C@H]2C[C@@H](c3ccccc3)N3CCC[C@H]23)n1. The maximum atomic E-state index is 12.9. The van der Waals surface area contributed by atoms with Crippen LogP contribution in [0.1, 0.15) is 48.5 Å². The number of nitrogens with one attached hydrogen (secondary N) is 1. The monoisotopic (exact) mass is 369 g/mol. The van der Waals surface area contributed by atoms with Gasteiger partial charge in [-0.15, -0.1) is 11.3 Å². The van der Waals surface area contributed by atoms with E-state index < -0.39 is 0 Å². The molecule has 0 bridgehead atoms. The number of amides is 1. The van der Waals surface area contributed by atoms with Gasteiger partial charge in [-0.2, -0.15) is 0 Å². The topological polar surface area (TPSA) is 45.2 Å². The first-order valence-corrected chi connectivity index (χ1v) is 10.7. The summed E-state index contributed by atoms with van der Waals surface area (Å²) in [5.41, 5.74) is 2.50. The molecule has 0 unspecified atom stereocenters. The smallest absolute Gasteiger partial charge is 0.224 e. The van der Waals surface area contributed by atoms with Crippen molar-refractivity contribution in [1.82, 2.24) is 15.2 Å². The lowest BCUT2D eigenvalue weighted by atomic mass is 9.93. The summed E-state index contributed by atoms with van der Waals surface area (Å²) in [4.78, 5) is 20.0. The summed E-state index contributed by atoms with van der Waals surface area (Å²) in [7, 11) is 0. The third-order valence-electron chi connectivity index (χ3n) is 5.80. The van der Waals surface area contributed by atoms with Crippen molar-refractivity contribution in [3.05, 3.63) is 52.0 Å². The molecule has 4 rings (SSSR count). The molecule has 1 amide bonds. The molecule has 26 heavy (non-hydrogen) atoms. The van der Waals surface area contributed by atoms with Crippen LogP contribution in [-0.2, 0) is 17.6 Å². The van der Waals surface area contributed by atoms with Gasteiger partial charge >= 0.3 is 0 Å². The van der Waals surface area contributed by atoms with Crippen molar-refractivity contribution in [3.63, 3.8) is 0 Å². The largest absolute Gasteiger partial charge is 0.355 e. The molecule has 1 N–H and O–H groups in total. The van der Waals surface area contributed by atoms with E-state index in [1.807, 2.05) is 0 Å². The molecule has 2 saturated heterocycles. The zero-order valence-corrected chi connectivity index (χ0v) is 16.2. The highest BCUT2D eigenvalue weighted by molar-refractivity contribution is 7.09. The molecule has 2 aliphatic heterocycles. The van der Waals surface area contributed by atoms with Crippen molar-refractivity contribution in [3.8, 4) is 0 Å². The number of carbonyl (C=O) groups excluding carboxylic acids is 1. The van der Waals surface area contributed by atoms with E-state index in [0.717, 1.165) is 42.9 Å². The summed E-state index contributed by atoms with van der Waals surface area (Å²) in [5.74, 6) is 0.345. The average Bonchev–Trinajstić information content (AvgIpc) is 3.38. The van der Waals surface area contributed by atoms with Crippen molar-refractivity contribution >= 4 is 17.2 Å². The van der Waals surface area contributed by atoms with E-state index in [4.69, 9.17) is 0 Å². The average molecular weight is 370 g/mol. The van der Waals surface area contributed by atoms with E-state index in [9.17, 15) is 4.79 Å². The van der Waals surface area contributed by atoms with E-state index in [2.05, 4.69) is 57.8 Å². The zero-order valence-electron chi connectivity index (χ0n) is 15.4. The highest BCUT2D eigenvalue weighted by Crippen LogP contribution is 2.44. The fourth-order valence-electron chi connectivity index (χ4n) is 4.50. The first kappa shape index (κ1) is 17.7. The second-order valence-electron chi connectivity index (χ2n) is 7.34. The molecule has 4 nitrogen and oxygen atoms in total. The minimum absolute atomic E-state index is 0.116. The number of aryl methyl sites for hydroxylation is 1. The highest BCUT2D eigenvalue weighted by atomic mass is 32.1. The van der Waals surface area contributed by atoms with Crippen LogP contribution in [0.4, 0.5) is 0 Å². The molecule has 1 aromatic carbocycles. The first-order chi connectivity index (χ1) is 12.8. The van der Waals surface area contributed by atoms with Crippen LogP contribution in [0.5, 0.6) is 0 Å². The lowest BCUT2D eigenvalue weighted by molar-refractivity contribution is -0.125. The van der Waals surface area contributed by atoms with E-state index >= 15 is 0 Å². The molecular weight excluding hydrogens is 342 g/mol. The van der Waals surface area contributed by atoms with E-state index in [1.165, 1.54) is 12.0 Å². The van der Waals surface area contributed by atoms with E-state index in [0.29, 0.717) is 18.6 Å². The fraction of sp³-hybridized carbons (Fsp3) is 0.524. The van der Waals surface area contributed by atoms with Gasteiger partial charge < -0.3 is 5.32 Å². The third-order valence-corrected chi connectivity index (χ3v) is 6.76. The summed E-state index contributed by atoms with van der Waals surface area (Å²) in [6.45, 7) is 3.93. The summed E-state index contributed by atoms with van der Waals surface area (Å²) < 4.78 is 0. The number of benzene rings is 1. The Balaban J connectivity index is 1.36. The van der Waals surface area contributed by atoms with Gasteiger partial charge in [-0.3, -0.25) is 9.69 Å². The van der Waals surface area contributed by atoms with Crippen LogP contribution >= 0.6 is 11.3 Å². The maximum Gasteiger partial charge on any atom is 0.224 e. The van der Waals surface area contributed by atoms with Crippen molar-refractivity contribution in [2.45, 2.75) is 51.1 Å². The Morgan fingerprint density at radius 3 is 2.96 bits per heavy atom. The van der Waals surface area contributed by atoms with Gasteiger partial charge in [0, 0.05) is 30.4 Å². The van der Waals surface area contributed by atoms with Gasteiger partial charge in [0.1, 0.15) is 0 Å². The summed E-state index contributed by atoms with van der Waals surface area (Å²) >= 11 is 1.70. The van der Waals surface area contributed by atoms with Gasteiger partial charge in [-0.25, -0.2) is 4.98 Å². The number of fused-ring (bicyclic) bond motifs is 1. The first-order valence-electron chi connectivity index (χ1n) is 9.78. The number of hydrogen-bond donors (Lipinski definition) is 1. The van der Waals surface area contributed by atoms with E-state index in [-0.39, 0.29) is 11.8 Å². The van der Waals surface area contributed by atoms with E-state index in [1.54, 1.807) is 11.3 Å². The predicted molar refractivity (Wildman–Crippen MR) is 105 cm³/mol. The molecular formula is C21H27N3OS. The molecule has 0 spiro atoms. The van der Waals surface area contributed by atoms with Crippen molar-refractivity contribution in [2.24, 2.45) is 5.92 Å². The molecule has 0 radical (unpaired) electrons. The predicted octanol–water partition coefficient (Wildman–Crippen LogP) is 3.59. The van der Waals surface area contributed by atoms with Crippen LogP contribution in [0.3, 0.4) is 0 Å². The number of rotatable bonds is 6. The number of thiazole rings is 1. The van der Waals surface area contributed by atoms with Crippen LogP contribution in [0.15, 0.2) is 35.7 Å². The Morgan fingerprint density at radius 2 is 2.19 bits per heavy atom. The quantitative estimate of drug-likeness (QED) is 0.846. The van der Waals surface area contributed by atoms with Gasteiger partial charge in [0.2, 0.25) is 5.91 Å². The number of hydrogen-bond acceptors (Lipinski definition) is 4. The molecule has 2 aromatic rings. The summed E-state index contributed by atoms with van der Waals surface area (Å²) in [6.07, 6.45) is 5.10. The van der Waals surface area contributed by atoms with Crippen molar-refractivity contribution in [1.29, 1.82) is 0 Å². The van der Waals surface area contributed by atoms with Crippen LogP contribution in [-0.4, -0.2) is 34.9 Å². The standard InChI is InChI=1S/C21H27N3OS/c1-2-16-14-26-20(23-16)10-11-22-21(25)17-13-19(15-7-4-3-5-8-15)24-12-6-9-18(17)24/h3-5,7-8,14,17-19H,2,6,9-13H2,1H3,(H,22,25)/t17-,18+,19-/m0/s1. The number of nitrogens with zero attached hydrogens (tertiary/aromatic N) is 2. The van der Waals surface area contributed by atoms with Gasteiger partial charge in [0.15, 0.2) is 0 Å². The molecule has 5 heteroatoms. The number of aromatic nitrogens is 1. The molecule has 138 valence electrons. The van der Waals surface area contributed by atoms with Crippen molar-refractivity contribution in [2.75, 3.05) is 13.1 Å². The zero-order chi connectivity index (χ0) is 17.9. The van der Waals surface area contributed by atoms with Crippen LogP contribution < -0.4 is 5.32 Å². The Labute approximate surface area is 159 Å². The van der Waals surface area contributed by atoms with Crippen molar-refractivity contribution < 1.29 is 4.79 Å². The lowest BCUT2D eigenvalue weighted by Gasteiger charge is -2.24. The minimum Gasteiger partial charge on any atom is -0.355 e. The molecule has 0 saturated carbocycles. The summed E-state index contributed by atoms with van der Waals surface area (Å²) in [5, 5.41) is 6.43. The van der Waals surface area contributed by atoms with Gasteiger partial charge in [-0.05, 0) is 37.8 Å². The molecule has 3 atom stereocenters. The summed E-state index contributed by atoms with van der Waals surface area (Å²) in [6, 6.07) is 11.5. The Bertz CT molecular complexity index is 745. The van der Waals surface area contributed by atoms with Gasteiger partial charge in [0.25, 0.3) is 0 Å². The molecule has 0 aliphatic carbocycles. The normalized spacial score (nSPS) is 25.3.